The van der Waals surface area contributed by atoms with Crippen LogP contribution in [0.1, 0.15) is 76.0 Å². The molecule has 1 aromatic rings. The average Bonchev–Trinajstić information content (AvgIpc) is 3.26. The molecule has 0 atom stereocenters. The zero-order valence-electron chi connectivity index (χ0n) is 19.4. The number of morpholine rings is 1. The first kappa shape index (κ1) is 23.8. The minimum absolute atomic E-state index is 0.0839. The highest BCUT2D eigenvalue weighted by atomic mass is 32.2. The van der Waals surface area contributed by atoms with Gasteiger partial charge in [0.25, 0.3) is 0 Å². The van der Waals surface area contributed by atoms with Crippen LogP contribution in [0.15, 0.2) is 17.8 Å². The van der Waals surface area contributed by atoms with E-state index in [-0.39, 0.29) is 11.4 Å². The number of nitrogens with one attached hydrogen (secondary N) is 1. The van der Waals surface area contributed by atoms with E-state index in [4.69, 9.17) is 4.74 Å². The third-order valence-corrected chi connectivity index (χ3v) is 8.41. The lowest BCUT2D eigenvalue weighted by Crippen LogP contribution is -2.59. The van der Waals surface area contributed by atoms with Crippen molar-refractivity contribution in [2.24, 2.45) is 0 Å². The summed E-state index contributed by atoms with van der Waals surface area (Å²) in [6, 6.07) is 0. The van der Waals surface area contributed by atoms with Crippen molar-refractivity contribution in [3.8, 4) is 0 Å². The number of carbonyl (C=O) groups is 1. The molecule has 1 saturated heterocycles. The number of nitrogens with zero attached hydrogens (tertiary/aromatic N) is 4. The monoisotopic (exact) mass is 461 g/mol. The lowest BCUT2D eigenvalue weighted by atomic mass is 9.79. The number of hydrogen-bond acceptors (Lipinski definition) is 6. The van der Waals surface area contributed by atoms with E-state index >= 15 is 0 Å². The van der Waals surface area contributed by atoms with Gasteiger partial charge in [0, 0.05) is 37.6 Å². The van der Waals surface area contributed by atoms with E-state index < -0.39 is 0 Å². The lowest BCUT2D eigenvalue weighted by molar-refractivity contribution is -0.119. The van der Waals surface area contributed by atoms with Gasteiger partial charge in [-0.3, -0.25) is 9.69 Å². The van der Waals surface area contributed by atoms with Crippen molar-refractivity contribution >= 4 is 17.7 Å². The van der Waals surface area contributed by atoms with Gasteiger partial charge in [-0.2, -0.15) is 0 Å². The second-order valence-corrected chi connectivity index (χ2v) is 10.5. The van der Waals surface area contributed by atoms with E-state index in [0.29, 0.717) is 18.2 Å². The second kappa shape index (κ2) is 11.7. The first-order valence-corrected chi connectivity index (χ1v) is 13.5. The molecule has 1 aromatic heterocycles. The number of hydrogen-bond donors (Lipinski definition) is 1. The Labute approximate surface area is 196 Å². The number of rotatable bonds is 9. The van der Waals surface area contributed by atoms with Crippen LogP contribution in [0.2, 0.25) is 0 Å². The number of allylic oxidation sites excluding steroid dienone is 1. The van der Waals surface area contributed by atoms with Crippen molar-refractivity contribution in [2.75, 3.05) is 38.6 Å². The summed E-state index contributed by atoms with van der Waals surface area (Å²) >= 11 is 1.50. The molecule has 8 heteroatoms. The van der Waals surface area contributed by atoms with Gasteiger partial charge in [0.1, 0.15) is 5.82 Å². The van der Waals surface area contributed by atoms with Crippen LogP contribution < -0.4 is 5.32 Å². The van der Waals surface area contributed by atoms with Crippen LogP contribution in [0.4, 0.5) is 0 Å². The Kier molecular flexibility index (Phi) is 8.66. The summed E-state index contributed by atoms with van der Waals surface area (Å²) in [6.45, 7) is 8.89. The molecule has 0 spiro atoms. The van der Waals surface area contributed by atoms with E-state index in [9.17, 15) is 4.79 Å². The van der Waals surface area contributed by atoms with E-state index in [1.165, 1.54) is 76.0 Å². The molecule has 0 bridgehead atoms. The van der Waals surface area contributed by atoms with Crippen LogP contribution in [-0.4, -0.2) is 69.7 Å². The zero-order chi connectivity index (χ0) is 22.2. The molecule has 7 nitrogen and oxygen atoms in total. The van der Waals surface area contributed by atoms with E-state index in [1.54, 1.807) is 0 Å². The molecule has 3 fully saturated rings. The summed E-state index contributed by atoms with van der Waals surface area (Å²) in [5.41, 5.74) is 0.0966. The molecular formula is C24H39N5O2S. The summed E-state index contributed by atoms with van der Waals surface area (Å²) in [5, 5.41) is 13.1. The van der Waals surface area contributed by atoms with Crippen LogP contribution in [0.5, 0.6) is 0 Å². The standard InChI is InChI=1S/C24H39N5O2S/c1-2-13-29-22(20-9-5-3-6-10-20)26-27-23(29)32-18-21(30)25-19-24(11-7-4-8-12-24)28-14-16-31-17-15-28/h2,20H,1,3-19H2,(H,25,30). The first-order chi connectivity index (χ1) is 15.7. The van der Waals surface area contributed by atoms with Gasteiger partial charge in [0.05, 0.1) is 19.0 Å². The van der Waals surface area contributed by atoms with Crippen LogP contribution in [0.3, 0.4) is 0 Å². The van der Waals surface area contributed by atoms with Gasteiger partial charge in [-0.05, 0) is 25.7 Å². The number of thioether (sulfide) groups is 1. The van der Waals surface area contributed by atoms with Crippen molar-refractivity contribution in [1.29, 1.82) is 0 Å². The topological polar surface area (TPSA) is 72.3 Å². The number of amides is 1. The number of aromatic nitrogens is 3. The van der Waals surface area contributed by atoms with Gasteiger partial charge < -0.3 is 14.6 Å². The average molecular weight is 462 g/mol. The Morgan fingerprint density at radius 3 is 2.56 bits per heavy atom. The minimum Gasteiger partial charge on any atom is -0.379 e. The van der Waals surface area contributed by atoms with Gasteiger partial charge in [0.2, 0.25) is 5.91 Å². The van der Waals surface area contributed by atoms with E-state index in [0.717, 1.165) is 43.8 Å². The van der Waals surface area contributed by atoms with Crippen molar-refractivity contribution in [2.45, 2.75) is 87.4 Å². The summed E-state index contributed by atoms with van der Waals surface area (Å²) in [5.74, 6) is 2.01. The third kappa shape index (κ3) is 5.75. The van der Waals surface area contributed by atoms with E-state index in [2.05, 4.69) is 31.6 Å². The van der Waals surface area contributed by atoms with Gasteiger partial charge >= 0.3 is 0 Å². The molecule has 178 valence electrons. The van der Waals surface area contributed by atoms with Crippen LogP contribution >= 0.6 is 11.8 Å². The van der Waals surface area contributed by atoms with Gasteiger partial charge in [-0.25, -0.2) is 0 Å². The van der Waals surface area contributed by atoms with Crippen LogP contribution in [0.25, 0.3) is 0 Å². The molecule has 0 radical (unpaired) electrons. The molecule has 1 N–H and O–H groups in total. The number of ether oxygens (including phenoxy) is 1. The molecule has 4 rings (SSSR count). The predicted octanol–water partition coefficient (Wildman–Crippen LogP) is 3.76. The molecule has 1 aliphatic heterocycles. The smallest absolute Gasteiger partial charge is 0.230 e. The summed E-state index contributed by atoms with van der Waals surface area (Å²) in [6.07, 6.45) is 14.2. The molecule has 0 unspecified atom stereocenters. The largest absolute Gasteiger partial charge is 0.379 e. The first-order valence-electron chi connectivity index (χ1n) is 12.5. The highest BCUT2D eigenvalue weighted by molar-refractivity contribution is 7.99. The van der Waals surface area contributed by atoms with Crippen LogP contribution in [0, 0.1) is 0 Å². The Morgan fingerprint density at radius 2 is 1.84 bits per heavy atom. The highest BCUT2D eigenvalue weighted by Crippen LogP contribution is 2.35. The Hall–Kier alpha value is -1.38. The second-order valence-electron chi connectivity index (χ2n) is 9.52. The van der Waals surface area contributed by atoms with E-state index in [1.807, 2.05) is 6.08 Å². The van der Waals surface area contributed by atoms with Crippen LogP contribution in [-0.2, 0) is 16.1 Å². The third-order valence-electron chi connectivity index (χ3n) is 7.44. The molecule has 2 heterocycles. The molecular weight excluding hydrogens is 422 g/mol. The van der Waals surface area contributed by atoms with Gasteiger partial charge in [0.15, 0.2) is 5.16 Å². The normalized spacial score (nSPS) is 22.5. The lowest BCUT2D eigenvalue weighted by Gasteiger charge is -2.48. The zero-order valence-corrected chi connectivity index (χ0v) is 20.2. The molecule has 0 aromatic carbocycles. The van der Waals surface area contributed by atoms with Crippen molar-refractivity contribution in [3.05, 3.63) is 18.5 Å². The molecule has 3 aliphatic rings. The Balaban J connectivity index is 1.34. The molecule has 32 heavy (non-hydrogen) atoms. The van der Waals surface area contributed by atoms with Crippen molar-refractivity contribution in [1.82, 2.24) is 25.0 Å². The van der Waals surface area contributed by atoms with Crippen molar-refractivity contribution < 1.29 is 9.53 Å². The summed E-state index contributed by atoms with van der Waals surface area (Å²) < 4.78 is 7.73. The Bertz CT molecular complexity index is 750. The maximum Gasteiger partial charge on any atom is 0.230 e. The fourth-order valence-electron chi connectivity index (χ4n) is 5.67. The molecule has 2 aliphatic carbocycles. The van der Waals surface area contributed by atoms with Gasteiger partial charge in [-0.15, -0.1) is 16.8 Å². The predicted molar refractivity (Wildman–Crippen MR) is 128 cm³/mol. The SMILES string of the molecule is C=CCn1c(SCC(=O)NCC2(N3CCOCC3)CCCCC2)nnc1C1CCCCC1. The minimum atomic E-state index is 0.0839. The highest BCUT2D eigenvalue weighted by Gasteiger charge is 2.38. The number of carbonyl (C=O) groups excluding carboxylic acids is 1. The van der Waals surface area contributed by atoms with Crippen molar-refractivity contribution in [3.63, 3.8) is 0 Å². The Morgan fingerprint density at radius 1 is 1.12 bits per heavy atom. The molecule has 1 amide bonds. The van der Waals surface area contributed by atoms with Gasteiger partial charge in [-0.1, -0.05) is 56.4 Å². The maximum atomic E-state index is 12.8. The fourth-order valence-corrected chi connectivity index (χ4v) is 6.45. The molecule has 2 saturated carbocycles. The maximum absolute atomic E-state index is 12.8. The summed E-state index contributed by atoms with van der Waals surface area (Å²) in [4.78, 5) is 15.4. The fraction of sp³-hybridized carbons (Fsp3) is 0.792. The summed E-state index contributed by atoms with van der Waals surface area (Å²) in [7, 11) is 0. The quantitative estimate of drug-likeness (QED) is 0.446.